The van der Waals surface area contributed by atoms with Gasteiger partial charge in [0.05, 0.1) is 26.6 Å². The number of nitrogens with one attached hydrogen (secondary N) is 1. The molecule has 4 N–H and O–H groups in total. The van der Waals surface area contributed by atoms with E-state index >= 15 is 0 Å². The summed E-state index contributed by atoms with van der Waals surface area (Å²) in [6.07, 6.45) is 1.03. The largest absolute Gasteiger partial charge is 0.481 e. The van der Waals surface area contributed by atoms with Crippen molar-refractivity contribution >= 4 is 55.7 Å². The Morgan fingerprint density at radius 3 is 2.35 bits per heavy atom. The van der Waals surface area contributed by atoms with Crippen molar-refractivity contribution in [3.8, 4) is 11.3 Å². The fourth-order valence-corrected chi connectivity index (χ4v) is 5.38. The number of carboxylic acid groups (broad SMARTS) is 1. The van der Waals surface area contributed by atoms with Gasteiger partial charge in [-0.05, 0) is 48.6 Å². The molecule has 0 bridgehead atoms. The van der Waals surface area contributed by atoms with Gasteiger partial charge in [0.15, 0.2) is 5.13 Å². The number of anilines is 1. The molecule has 0 amide bonds. The summed E-state index contributed by atoms with van der Waals surface area (Å²) >= 11 is 13.7. The summed E-state index contributed by atoms with van der Waals surface area (Å²) < 4.78 is 22.8. The van der Waals surface area contributed by atoms with Crippen molar-refractivity contribution < 1.29 is 18.3 Å². The lowest BCUT2D eigenvalue weighted by atomic mass is 9.99. The fourth-order valence-electron chi connectivity index (χ4n) is 3.36. The zero-order valence-corrected chi connectivity index (χ0v) is 21.7. The van der Waals surface area contributed by atoms with E-state index in [1.807, 2.05) is 6.07 Å². The maximum absolute atomic E-state index is 11.9. The smallest absolute Gasteiger partial charge is 0.308 e. The van der Waals surface area contributed by atoms with Crippen LogP contribution in [0.3, 0.4) is 0 Å². The summed E-state index contributed by atoms with van der Waals surface area (Å²) in [6.45, 7) is 4.39. The number of carbonyl (C=O) groups is 1. The first kappa shape index (κ1) is 26.4. The van der Waals surface area contributed by atoms with Gasteiger partial charge in [0.1, 0.15) is 0 Å². The number of carboxylic acids is 1. The Hall–Kier alpha value is -2.17. The maximum Gasteiger partial charge on any atom is 0.308 e. The number of aromatic nitrogens is 1. The van der Waals surface area contributed by atoms with E-state index in [0.29, 0.717) is 26.7 Å². The zero-order valence-electron chi connectivity index (χ0n) is 18.6. The van der Waals surface area contributed by atoms with Gasteiger partial charge in [0.2, 0.25) is 10.0 Å². The molecule has 3 rings (SSSR count). The molecule has 0 saturated carbocycles. The Morgan fingerprint density at radius 2 is 1.79 bits per heavy atom. The van der Waals surface area contributed by atoms with Crippen molar-refractivity contribution in [2.75, 3.05) is 11.9 Å². The summed E-state index contributed by atoms with van der Waals surface area (Å²) in [5, 5.41) is 19.5. The van der Waals surface area contributed by atoms with Gasteiger partial charge in [0.25, 0.3) is 0 Å². The minimum absolute atomic E-state index is 0.0171. The predicted molar refractivity (Wildman–Crippen MR) is 137 cm³/mol. The summed E-state index contributed by atoms with van der Waals surface area (Å²) in [7, 11) is -3.80. The third-order valence-corrected chi connectivity index (χ3v) is 7.77. The van der Waals surface area contributed by atoms with Gasteiger partial charge >= 0.3 is 5.97 Å². The number of benzene rings is 2. The lowest BCUT2D eigenvalue weighted by molar-refractivity contribution is -0.141. The van der Waals surface area contributed by atoms with E-state index in [1.165, 1.54) is 23.5 Å². The van der Waals surface area contributed by atoms with Crippen LogP contribution < -0.4 is 10.5 Å². The monoisotopic (exact) mass is 541 g/mol. The van der Waals surface area contributed by atoms with E-state index < -0.39 is 21.9 Å². The van der Waals surface area contributed by atoms with Crippen molar-refractivity contribution in [2.24, 2.45) is 17.0 Å². The molecule has 2 aromatic carbocycles. The summed E-state index contributed by atoms with van der Waals surface area (Å²) in [5.41, 5.74) is 2.34. The highest BCUT2D eigenvalue weighted by molar-refractivity contribution is 7.89. The van der Waals surface area contributed by atoms with Gasteiger partial charge in [0, 0.05) is 17.0 Å². The van der Waals surface area contributed by atoms with Crippen LogP contribution in [-0.4, -0.2) is 31.0 Å². The molecule has 0 fully saturated rings. The molecule has 11 heteroatoms. The Bertz CT molecular complexity index is 1280. The fraction of sp³-hybridized carbons (Fsp3) is 0.304. The molecule has 0 aliphatic rings. The SMILES string of the molecule is CC(C)Cc1sc(NCC(Cc2ccc(S(N)(=O)=O)cc2)C(=O)O)nc1-c1ccc(Cl)c(Cl)c1. The van der Waals surface area contributed by atoms with Crippen LogP contribution in [0.1, 0.15) is 24.3 Å². The second-order valence-electron chi connectivity index (χ2n) is 8.33. The topological polar surface area (TPSA) is 122 Å². The molecule has 0 aliphatic heterocycles. The first-order valence-electron chi connectivity index (χ1n) is 10.5. The number of hydrogen-bond acceptors (Lipinski definition) is 6. The highest BCUT2D eigenvalue weighted by atomic mass is 35.5. The molecule has 1 atom stereocenters. The molecule has 182 valence electrons. The van der Waals surface area contributed by atoms with Gasteiger partial charge in [-0.1, -0.05) is 55.2 Å². The number of nitrogens with zero attached hydrogens (tertiary/aromatic N) is 1. The molecule has 1 heterocycles. The van der Waals surface area contributed by atoms with Crippen LogP contribution in [0.15, 0.2) is 47.4 Å². The summed E-state index contributed by atoms with van der Waals surface area (Å²) in [4.78, 5) is 17.6. The molecule has 0 saturated heterocycles. The molecule has 0 radical (unpaired) electrons. The zero-order chi connectivity index (χ0) is 25.0. The van der Waals surface area contributed by atoms with Gasteiger partial charge in [-0.25, -0.2) is 18.5 Å². The Balaban J connectivity index is 1.78. The van der Waals surface area contributed by atoms with E-state index in [9.17, 15) is 18.3 Å². The van der Waals surface area contributed by atoms with Gasteiger partial charge < -0.3 is 10.4 Å². The van der Waals surface area contributed by atoms with E-state index in [4.69, 9.17) is 33.3 Å². The number of rotatable bonds is 10. The summed E-state index contributed by atoms with van der Waals surface area (Å²) in [5.74, 6) is -1.31. The van der Waals surface area contributed by atoms with E-state index in [0.717, 1.165) is 22.6 Å². The first-order valence-corrected chi connectivity index (χ1v) is 13.6. The molecular weight excluding hydrogens is 517 g/mol. The maximum atomic E-state index is 11.9. The molecule has 1 unspecified atom stereocenters. The van der Waals surface area contributed by atoms with E-state index in [1.54, 1.807) is 24.3 Å². The molecule has 3 aromatic rings. The van der Waals surface area contributed by atoms with Crippen LogP contribution in [0.4, 0.5) is 5.13 Å². The number of aliphatic carboxylic acids is 1. The normalized spacial score (nSPS) is 12.6. The number of hydrogen-bond donors (Lipinski definition) is 3. The van der Waals surface area contributed by atoms with E-state index in [2.05, 4.69) is 19.2 Å². The second-order valence-corrected chi connectivity index (χ2v) is 11.8. The second kappa shape index (κ2) is 11.0. The van der Waals surface area contributed by atoms with Crippen LogP contribution in [0.25, 0.3) is 11.3 Å². The Morgan fingerprint density at radius 1 is 1.12 bits per heavy atom. The highest BCUT2D eigenvalue weighted by Crippen LogP contribution is 2.35. The van der Waals surface area contributed by atoms with Gasteiger partial charge in [-0.2, -0.15) is 0 Å². The van der Waals surface area contributed by atoms with Gasteiger partial charge in [-0.3, -0.25) is 4.79 Å². The number of halogens is 2. The minimum Gasteiger partial charge on any atom is -0.481 e. The van der Waals surface area contributed by atoms with Gasteiger partial charge in [-0.15, -0.1) is 11.3 Å². The van der Waals surface area contributed by atoms with Crippen molar-refractivity contribution in [3.05, 3.63) is 63.0 Å². The number of nitrogens with two attached hydrogens (primary N) is 1. The molecular formula is C23H25Cl2N3O4S2. The third-order valence-electron chi connectivity index (χ3n) is 5.07. The van der Waals surface area contributed by atoms with Crippen LogP contribution >= 0.6 is 34.5 Å². The molecule has 0 aliphatic carbocycles. The Labute approximate surface area is 213 Å². The number of primary sulfonamides is 1. The quantitative estimate of drug-likeness (QED) is 0.319. The lowest BCUT2D eigenvalue weighted by Gasteiger charge is -2.13. The number of thiazole rings is 1. The van der Waals surface area contributed by atoms with Crippen molar-refractivity contribution in [1.29, 1.82) is 0 Å². The third kappa shape index (κ3) is 6.93. The molecule has 34 heavy (non-hydrogen) atoms. The molecule has 7 nitrogen and oxygen atoms in total. The highest BCUT2D eigenvalue weighted by Gasteiger charge is 2.21. The van der Waals surface area contributed by atoms with Crippen LogP contribution in [-0.2, 0) is 27.7 Å². The molecule has 1 aromatic heterocycles. The number of sulfonamides is 1. The standard InChI is InChI=1S/C23H25Cl2N3O4S2/c1-13(2)9-20-21(15-5-8-18(24)19(25)11-15)28-23(33-20)27-12-16(22(29)30)10-14-3-6-17(7-4-14)34(26,31)32/h3-8,11,13,16H,9-10,12H2,1-2H3,(H,27,28)(H,29,30)(H2,26,31,32). The average molecular weight is 543 g/mol. The summed E-state index contributed by atoms with van der Waals surface area (Å²) in [6, 6.07) is 11.3. The van der Waals surface area contributed by atoms with Crippen LogP contribution in [0.2, 0.25) is 10.0 Å². The lowest BCUT2D eigenvalue weighted by Crippen LogP contribution is -2.25. The van der Waals surface area contributed by atoms with E-state index in [-0.39, 0.29) is 17.9 Å². The van der Waals surface area contributed by atoms with Crippen molar-refractivity contribution in [3.63, 3.8) is 0 Å². The first-order chi connectivity index (χ1) is 15.9. The van der Waals surface area contributed by atoms with Crippen LogP contribution in [0.5, 0.6) is 0 Å². The van der Waals surface area contributed by atoms with Crippen molar-refractivity contribution in [2.45, 2.75) is 31.6 Å². The average Bonchev–Trinajstić information content (AvgIpc) is 3.14. The minimum atomic E-state index is -3.80. The molecule has 0 spiro atoms. The van der Waals surface area contributed by atoms with Crippen molar-refractivity contribution in [1.82, 2.24) is 4.98 Å². The predicted octanol–water partition coefficient (Wildman–Crippen LogP) is 5.32. The Kier molecular flexibility index (Phi) is 8.59. The van der Waals surface area contributed by atoms with Crippen LogP contribution in [0, 0.1) is 11.8 Å².